The van der Waals surface area contributed by atoms with Gasteiger partial charge in [0.15, 0.2) is 5.65 Å². The number of nitrogens with zero attached hydrogens (tertiary/aromatic N) is 3. The molecule has 6 heteroatoms. The number of pyridine rings is 1. The summed E-state index contributed by atoms with van der Waals surface area (Å²) in [6.45, 7) is 4.79. The minimum absolute atomic E-state index is 0.0805. The number of imidazole rings is 1. The summed E-state index contributed by atoms with van der Waals surface area (Å²) in [5.41, 5.74) is 4.34. The summed E-state index contributed by atoms with van der Waals surface area (Å²) in [7, 11) is 0. The van der Waals surface area contributed by atoms with Gasteiger partial charge < -0.3 is 14.6 Å². The van der Waals surface area contributed by atoms with Crippen LogP contribution in [0, 0.1) is 6.92 Å². The highest BCUT2D eigenvalue weighted by Crippen LogP contribution is 2.24. The lowest BCUT2D eigenvalue weighted by Crippen LogP contribution is -2.26. The molecule has 1 aromatic carbocycles. The molecule has 0 saturated heterocycles. The first-order chi connectivity index (χ1) is 14.7. The third-order valence-electron chi connectivity index (χ3n) is 5.57. The van der Waals surface area contributed by atoms with Crippen LogP contribution in [0.5, 0.6) is 0 Å². The minimum atomic E-state index is -0.0805. The topological polar surface area (TPSA) is 69.0 Å². The maximum Gasteiger partial charge on any atom is 0.253 e. The summed E-state index contributed by atoms with van der Waals surface area (Å²) in [4.78, 5) is 22.3. The Morgan fingerprint density at radius 1 is 1.13 bits per heavy atom. The van der Waals surface area contributed by atoms with Crippen molar-refractivity contribution in [3.63, 3.8) is 0 Å². The van der Waals surface area contributed by atoms with Crippen molar-refractivity contribution in [1.29, 1.82) is 0 Å². The van der Waals surface area contributed by atoms with Crippen LogP contribution in [-0.4, -0.2) is 40.2 Å². The maximum atomic E-state index is 12.8. The predicted molar refractivity (Wildman–Crippen MR) is 118 cm³/mol. The Morgan fingerprint density at radius 2 is 2.00 bits per heavy atom. The molecule has 3 aromatic rings. The van der Waals surface area contributed by atoms with Gasteiger partial charge in [-0.1, -0.05) is 36.8 Å². The SMILES string of the molecule is Cc1cc(C(=O)NCCCOCCc2ccccc2)c2nc3n(c2n1)CCCCC3. The molecule has 0 radical (unpaired) electrons. The number of rotatable bonds is 8. The quantitative estimate of drug-likeness (QED) is 0.577. The number of hydrogen-bond acceptors (Lipinski definition) is 4. The van der Waals surface area contributed by atoms with E-state index in [-0.39, 0.29) is 5.91 Å². The number of aromatic nitrogens is 3. The van der Waals surface area contributed by atoms with Gasteiger partial charge in [-0.3, -0.25) is 4.79 Å². The summed E-state index contributed by atoms with van der Waals surface area (Å²) in [6.07, 6.45) is 6.15. The van der Waals surface area contributed by atoms with Gasteiger partial charge in [0, 0.05) is 31.8 Å². The molecule has 6 nitrogen and oxygen atoms in total. The Morgan fingerprint density at radius 3 is 2.87 bits per heavy atom. The Kier molecular flexibility index (Phi) is 6.74. The van der Waals surface area contributed by atoms with Crippen molar-refractivity contribution in [2.75, 3.05) is 19.8 Å². The fraction of sp³-hybridized carbons (Fsp3) is 0.458. The van der Waals surface area contributed by atoms with Crippen molar-refractivity contribution in [2.24, 2.45) is 0 Å². The molecule has 1 aliphatic rings. The number of fused-ring (bicyclic) bond motifs is 3. The van der Waals surface area contributed by atoms with Crippen LogP contribution in [0.1, 0.15) is 53.1 Å². The number of amides is 1. The minimum Gasteiger partial charge on any atom is -0.381 e. The first-order valence-corrected chi connectivity index (χ1v) is 11.0. The summed E-state index contributed by atoms with van der Waals surface area (Å²) >= 11 is 0. The smallest absolute Gasteiger partial charge is 0.253 e. The molecule has 0 saturated carbocycles. The van der Waals surface area contributed by atoms with E-state index in [0.717, 1.165) is 61.3 Å². The van der Waals surface area contributed by atoms with E-state index >= 15 is 0 Å². The molecule has 1 N–H and O–H groups in total. The molecule has 1 amide bonds. The first kappa shape index (κ1) is 20.5. The van der Waals surface area contributed by atoms with Crippen molar-refractivity contribution in [1.82, 2.24) is 19.9 Å². The van der Waals surface area contributed by atoms with Gasteiger partial charge in [0.05, 0.1) is 12.2 Å². The van der Waals surface area contributed by atoms with Crippen molar-refractivity contribution in [3.05, 3.63) is 59.0 Å². The summed E-state index contributed by atoms with van der Waals surface area (Å²) in [5, 5.41) is 3.02. The van der Waals surface area contributed by atoms with E-state index in [1.165, 1.54) is 12.0 Å². The maximum absolute atomic E-state index is 12.8. The molecule has 2 aromatic heterocycles. The van der Waals surface area contributed by atoms with Gasteiger partial charge >= 0.3 is 0 Å². The molecule has 30 heavy (non-hydrogen) atoms. The van der Waals surface area contributed by atoms with Crippen LogP contribution in [0.25, 0.3) is 11.2 Å². The Hall–Kier alpha value is -2.73. The number of nitrogens with one attached hydrogen (secondary N) is 1. The van der Waals surface area contributed by atoms with Crippen LogP contribution in [0.2, 0.25) is 0 Å². The van der Waals surface area contributed by atoms with E-state index in [1.807, 2.05) is 31.2 Å². The highest BCUT2D eigenvalue weighted by atomic mass is 16.5. The average Bonchev–Trinajstić information content (AvgIpc) is 2.94. The van der Waals surface area contributed by atoms with E-state index in [4.69, 9.17) is 9.72 Å². The number of carbonyl (C=O) groups excluding carboxylic acids is 1. The van der Waals surface area contributed by atoms with Crippen molar-refractivity contribution in [3.8, 4) is 0 Å². The van der Waals surface area contributed by atoms with Crippen LogP contribution < -0.4 is 5.32 Å². The third-order valence-corrected chi connectivity index (χ3v) is 5.57. The van der Waals surface area contributed by atoms with E-state index in [9.17, 15) is 4.79 Å². The second-order valence-electron chi connectivity index (χ2n) is 7.93. The molecule has 0 aliphatic carbocycles. The number of hydrogen-bond donors (Lipinski definition) is 1. The van der Waals surface area contributed by atoms with Gasteiger partial charge in [-0.25, -0.2) is 9.97 Å². The van der Waals surface area contributed by atoms with Crippen LogP contribution in [-0.2, 0) is 24.1 Å². The molecule has 0 spiro atoms. The van der Waals surface area contributed by atoms with Crippen LogP contribution >= 0.6 is 0 Å². The predicted octanol–water partition coefficient (Wildman–Crippen LogP) is 3.85. The molecule has 1 aliphatic heterocycles. The van der Waals surface area contributed by atoms with Crippen molar-refractivity contribution in [2.45, 2.75) is 52.0 Å². The van der Waals surface area contributed by atoms with Gasteiger partial charge in [0.1, 0.15) is 11.3 Å². The Bertz CT molecular complexity index is 997. The van der Waals surface area contributed by atoms with E-state index < -0.39 is 0 Å². The van der Waals surface area contributed by atoms with Crippen LogP contribution in [0.4, 0.5) is 0 Å². The fourth-order valence-corrected chi connectivity index (χ4v) is 4.00. The second-order valence-corrected chi connectivity index (χ2v) is 7.93. The molecule has 0 atom stereocenters. The lowest BCUT2D eigenvalue weighted by Gasteiger charge is -2.08. The molecular weight excluding hydrogens is 376 g/mol. The molecule has 0 fully saturated rings. The van der Waals surface area contributed by atoms with Gasteiger partial charge in [-0.15, -0.1) is 0 Å². The zero-order valence-corrected chi connectivity index (χ0v) is 17.7. The number of ether oxygens (including phenoxy) is 1. The molecule has 158 valence electrons. The highest BCUT2D eigenvalue weighted by molar-refractivity contribution is 6.04. The van der Waals surface area contributed by atoms with Crippen LogP contribution in [0.15, 0.2) is 36.4 Å². The fourth-order valence-electron chi connectivity index (χ4n) is 4.00. The highest BCUT2D eigenvalue weighted by Gasteiger charge is 2.20. The molecule has 0 bridgehead atoms. The van der Waals surface area contributed by atoms with Gasteiger partial charge in [-0.2, -0.15) is 0 Å². The van der Waals surface area contributed by atoms with Gasteiger partial charge in [-0.05, 0) is 44.2 Å². The lowest BCUT2D eigenvalue weighted by molar-refractivity contribution is 0.0943. The standard InChI is InChI=1S/C24H30N4O2/c1-18-17-20(22-23(26-18)28-14-7-3-6-11-21(28)27-22)24(29)25-13-8-15-30-16-12-19-9-4-2-5-10-19/h2,4-5,9-10,17H,3,6-8,11-16H2,1H3,(H,25,29). The van der Waals surface area contributed by atoms with Crippen molar-refractivity contribution >= 4 is 17.1 Å². The second kappa shape index (κ2) is 9.85. The van der Waals surface area contributed by atoms with Gasteiger partial charge in [0.2, 0.25) is 0 Å². The normalized spacial score (nSPS) is 13.8. The summed E-state index contributed by atoms with van der Waals surface area (Å²) < 4.78 is 7.91. The van der Waals surface area contributed by atoms with Crippen molar-refractivity contribution < 1.29 is 9.53 Å². The molecular formula is C24H30N4O2. The summed E-state index contributed by atoms with van der Waals surface area (Å²) in [6, 6.07) is 12.2. The zero-order valence-electron chi connectivity index (χ0n) is 17.7. The lowest BCUT2D eigenvalue weighted by atomic mass is 10.2. The average molecular weight is 407 g/mol. The number of carbonyl (C=O) groups is 1. The molecule has 4 rings (SSSR count). The largest absolute Gasteiger partial charge is 0.381 e. The third kappa shape index (κ3) is 4.87. The van der Waals surface area contributed by atoms with E-state index in [2.05, 4.69) is 27.0 Å². The number of benzene rings is 1. The van der Waals surface area contributed by atoms with E-state index in [0.29, 0.717) is 25.3 Å². The molecule has 3 heterocycles. The Labute approximate surface area is 177 Å². The molecule has 0 unspecified atom stereocenters. The monoisotopic (exact) mass is 406 g/mol. The Balaban J connectivity index is 1.30. The van der Waals surface area contributed by atoms with Crippen LogP contribution in [0.3, 0.4) is 0 Å². The number of aryl methyl sites for hydroxylation is 3. The summed E-state index contributed by atoms with van der Waals surface area (Å²) in [5.74, 6) is 0.976. The zero-order chi connectivity index (χ0) is 20.8. The van der Waals surface area contributed by atoms with E-state index in [1.54, 1.807) is 0 Å². The van der Waals surface area contributed by atoms with Gasteiger partial charge in [0.25, 0.3) is 5.91 Å². The first-order valence-electron chi connectivity index (χ1n) is 11.0.